The number of nitrogens with one attached hydrogen (secondary N) is 2. The van der Waals surface area contributed by atoms with Crippen LogP contribution in [0.25, 0.3) is 33.5 Å². The normalized spacial score (nSPS) is 11.0. The number of nitrogens with zero attached hydrogens (tertiary/aromatic N) is 3. The number of rotatable bonds is 9. The predicted octanol–water partition coefficient (Wildman–Crippen LogP) is 4.18. The van der Waals surface area contributed by atoms with Gasteiger partial charge in [-0.25, -0.2) is 9.37 Å². The van der Waals surface area contributed by atoms with Crippen LogP contribution in [-0.4, -0.2) is 39.0 Å². The number of anilines is 1. The Kier molecular flexibility index (Phi) is 6.96. The van der Waals surface area contributed by atoms with Crippen LogP contribution in [-0.2, 0) is 6.54 Å². The number of benzene rings is 2. The second-order valence-corrected chi connectivity index (χ2v) is 8.70. The van der Waals surface area contributed by atoms with Crippen molar-refractivity contribution in [1.29, 1.82) is 0 Å². The topological polar surface area (TPSA) is 145 Å². The van der Waals surface area contributed by atoms with Gasteiger partial charge in [0.1, 0.15) is 24.0 Å². The van der Waals surface area contributed by atoms with Gasteiger partial charge in [-0.3, -0.25) is 14.8 Å². The Balaban J connectivity index is 1.53. The summed E-state index contributed by atoms with van der Waals surface area (Å²) in [4.78, 5) is 28.8. The maximum absolute atomic E-state index is 14.4. The van der Waals surface area contributed by atoms with Crippen LogP contribution < -0.4 is 21.5 Å². The minimum Gasteiger partial charge on any atom is -0.491 e. The molecular formula is C28H26FN7O2. The van der Waals surface area contributed by atoms with Gasteiger partial charge in [0.25, 0.3) is 0 Å². The molecule has 1 amide bonds. The average Bonchev–Trinajstić information content (AvgIpc) is 3.35. The molecule has 3 heterocycles. The maximum atomic E-state index is 14.4. The molecule has 0 aliphatic carbocycles. The molecule has 0 atom stereocenters. The smallest absolute Gasteiger partial charge is 0.248 e. The number of aromatic nitrogens is 4. The molecule has 9 nitrogen and oxygen atoms in total. The third-order valence-electron chi connectivity index (χ3n) is 5.91. The van der Waals surface area contributed by atoms with Crippen LogP contribution in [0.1, 0.15) is 21.9 Å². The zero-order valence-corrected chi connectivity index (χ0v) is 20.7. The number of hydrogen-bond donors (Lipinski definition) is 4. The molecule has 0 aliphatic heterocycles. The summed E-state index contributed by atoms with van der Waals surface area (Å²) >= 11 is 0. The molecule has 0 saturated heterocycles. The van der Waals surface area contributed by atoms with Crippen molar-refractivity contribution in [2.45, 2.75) is 13.5 Å². The molecule has 0 saturated carbocycles. The van der Waals surface area contributed by atoms with Crippen LogP contribution in [0.3, 0.4) is 0 Å². The fraction of sp³-hybridized carbons (Fsp3) is 0.143. The van der Waals surface area contributed by atoms with E-state index in [9.17, 15) is 9.18 Å². The summed E-state index contributed by atoms with van der Waals surface area (Å²) in [7, 11) is 0. The highest BCUT2D eigenvalue weighted by Gasteiger charge is 2.17. The summed E-state index contributed by atoms with van der Waals surface area (Å²) in [5.41, 5.74) is 15.9. The van der Waals surface area contributed by atoms with E-state index in [1.54, 1.807) is 6.20 Å². The SMILES string of the molecule is Cc1cccc(-c2[nH]c(CNc3cc(C(N)=O)ccc3F)nc2-c2ccc3ncc(OCCN)cc3c2)n1. The Morgan fingerprint density at radius 3 is 2.76 bits per heavy atom. The molecule has 192 valence electrons. The molecule has 0 bridgehead atoms. The molecule has 0 fully saturated rings. The number of hydrogen-bond acceptors (Lipinski definition) is 7. The van der Waals surface area contributed by atoms with E-state index in [1.807, 2.05) is 49.4 Å². The highest BCUT2D eigenvalue weighted by molar-refractivity contribution is 5.93. The van der Waals surface area contributed by atoms with E-state index in [4.69, 9.17) is 21.2 Å². The number of fused-ring (bicyclic) bond motifs is 1. The first-order valence-electron chi connectivity index (χ1n) is 12.0. The molecule has 10 heteroatoms. The minimum atomic E-state index is -0.636. The lowest BCUT2D eigenvalue weighted by Gasteiger charge is -2.07. The van der Waals surface area contributed by atoms with Crippen LogP contribution in [0.4, 0.5) is 10.1 Å². The molecule has 38 heavy (non-hydrogen) atoms. The van der Waals surface area contributed by atoms with Crippen molar-refractivity contribution in [1.82, 2.24) is 19.9 Å². The third kappa shape index (κ3) is 5.30. The van der Waals surface area contributed by atoms with Gasteiger partial charge in [-0.1, -0.05) is 12.1 Å². The molecule has 2 aromatic carbocycles. The van der Waals surface area contributed by atoms with Gasteiger partial charge in [-0.05, 0) is 55.5 Å². The highest BCUT2D eigenvalue weighted by Crippen LogP contribution is 2.32. The number of nitrogens with two attached hydrogens (primary N) is 2. The van der Waals surface area contributed by atoms with Gasteiger partial charge in [0.05, 0.1) is 41.0 Å². The Labute approximate surface area is 218 Å². The molecule has 5 aromatic rings. The van der Waals surface area contributed by atoms with Crippen LogP contribution in [0, 0.1) is 12.7 Å². The number of halogens is 1. The lowest BCUT2D eigenvalue weighted by Crippen LogP contribution is -2.12. The van der Waals surface area contributed by atoms with E-state index in [0.717, 1.165) is 33.5 Å². The van der Waals surface area contributed by atoms with Crippen molar-refractivity contribution in [3.8, 4) is 28.4 Å². The number of carbonyl (C=O) groups excluding carboxylic acids is 1. The van der Waals surface area contributed by atoms with Gasteiger partial charge in [0, 0.05) is 28.8 Å². The first-order chi connectivity index (χ1) is 18.4. The molecule has 0 radical (unpaired) electrons. The van der Waals surface area contributed by atoms with Gasteiger partial charge in [0.15, 0.2) is 0 Å². The van der Waals surface area contributed by atoms with Crippen molar-refractivity contribution in [3.05, 3.63) is 89.8 Å². The van der Waals surface area contributed by atoms with Crippen molar-refractivity contribution in [3.63, 3.8) is 0 Å². The third-order valence-corrected chi connectivity index (χ3v) is 5.91. The molecule has 0 spiro atoms. The summed E-state index contributed by atoms with van der Waals surface area (Å²) in [6.07, 6.45) is 1.67. The maximum Gasteiger partial charge on any atom is 0.248 e. The van der Waals surface area contributed by atoms with Gasteiger partial charge in [-0.2, -0.15) is 0 Å². The zero-order valence-electron chi connectivity index (χ0n) is 20.7. The van der Waals surface area contributed by atoms with E-state index < -0.39 is 11.7 Å². The zero-order chi connectivity index (χ0) is 26.6. The molecule has 5 rings (SSSR count). The summed E-state index contributed by atoms with van der Waals surface area (Å²) in [6, 6.07) is 17.4. The van der Waals surface area contributed by atoms with E-state index >= 15 is 0 Å². The number of aryl methyl sites for hydroxylation is 1. The van der Waals surface area contributed by atoms with Crippen LogP contribution in [0.5, 0.6) is 5.75 Å². The second kappa shape index (κ2) is 10.7. The number of ether oxygens (including phenoxy) is 1. The standard InChI is InChI=1S/C28H26FN7O2/c1-16-3-2-4-23(34-16)27-26(17-6-8-22-19(11-17)12-20(14-32-22)38-10-9-30)35-25(36-27)15-33-24-13-18(28(31)37)5-7-21(24)29/h2-8,11-14,33H,9-10,15,30H2,1H3,(H2,31,37)(H,35,36). The van der Waals surface area contributed by atoms with E-state index in [-0.39, 0.29) is 17.8 Å². The highest BCUT2D eigenvalue weighted by atomic mass is 19.1. The number of carbonyl (C=O) groups is 1. The lowest BCUT2D eigenvalue weighted by atomic mass is 10.1. The van der Waals surface area contributed by atoms with Crippen molar-refractivity contribution >= 4 is 22.5 Å². The molecular weight excluding hydrogens is 485 g/mol. The molecule has 0 aliphatic rings. The Morgan fingerprint density at radius 2 is 1.97 bits per heavy atom. The van der Waals surface area contributed by atoms with E-state index in [0.29, 0.717) is 30.4 Å². The van der Waals surface area contributed by atoms with E-state index in [1.165, 1.54) is 18.2 Å². The first-order valence-corrected chi connectivity index (χ1v) is 12.0. The minimum absolute atomic E-state index is 0.149. The number of primary amides is 1. The molecule has 0 unspecified atom stereocenters. The summed E-state index contributed by atoms with van der Waals surface area (Å²) in [6.45, 7) is 2.89. The van der Waals surface area contributed by atoms with Crippen LogP contribution >= 0.6 is 0 Å². The monoisotopic (exact) mass is 511 g/mol. The largest absolute Gasteiger partial charge is 0.491 e. The van der Waals surface area contributed by atoms with Crippen molar-refractivity contribution < 1.29 is 13.9 Å². The summed E-state index contributed by atoms with van der Waals surface area (Å²) in [5, 5.41) is 3.88. The predicted molar refractivity (Wildman–Crippen MR) is 144 cm³/mol. The fourth-order valence-electron chi connectivity index (χ4n) is 4.09. The quantitative estimate of drug-likeness (QED) is 0.232. The van der Waals surface area contributed by atoms with E-state index in [2.05, 4.69) is 20.3 Å². The van der Waals surface area contributed by atoms with Crippen LogP contribution in [0.15, 0.2) is 66.9 Å². The molecule has 3 aromatic heterocycles. The number of amides is 1. The Hall–Kier alpha value is -4.83. The van der Waals surface area contributed by atoms with Gasteiger partial charge < -0.3 is 26.5 Å². The fourth-order valence-corrected chi connectivity index (χ4v) is 4.09. The van der Waals surface area contributed by atoms with Gasteiger partial charge >= 0.3 is 0 Å². The van der Waals surface area contributed by atoms with Crippen LogP contribution in [0.2, 0.25) is 0 Å². The summed E-state index contributed by atoms with van der Waals surface area (Å²) < 4.78 is 20.0. The number of imidazole rings is 1. The first kappa shape index (κ1) is 24.8. The Morgan fingerprint density at radius 1 is 1.11 bits per heavy atom. The lowest BCUT2D eigenvalue weighted by molar-refractivity contribution is 0.100. The molecule has 6 N–H and O–H groups in total. The van der Waals surface area contributed by atoms with Crippen molar-refractivity contribution in [2.75, 3.05) is 18.5 Å². The van der Waals surface area contributed by atoms with Crippen molar-refractivity contribution in [2.24, 2.45) is 11.5 Å². The number of H-pyrrole nitrogens is 1. The average molecular weight is 512 g/mol. The van der Waals surface area contributed by atoms with Gasteiger partial charge in [-0.15, -0.1) is 0 Å². The second-order valence-electron chi connectivity index (χ2n) is 8.70. The summed E-state index contributed by atoms with van der Waals surface area (Å²) in [5.74, 6) is 0.0498. The number of pyridine rings is 2. The Bertz CT molecular complexity index is 1630. The van der Waals surface area contributed by atoms with Gasteiger partial charge in [0.2, 0.25) is 5.91 Å². The number of aromatic amines is 1.